The van der Waals surface area contributed by atoms with Crippen molar-refractivity contribution in [2.24, 2.45) is 21.8 Å². The molecule has 0 aromatic carbocycles. The molecule has 1 heterocycles. The maximum Gasteiger partial charge on any atom is 0.0454 e. The minimum Gasteiger partial charge on any atom is -0.316 e. The summed E-state index contributed by atoms with van der Waals surface area (Å²) in [5.74, 6) is 1.44. The van der Waals surface area contributed by atoms with Crippen molar-refractivity contribution in [1.29, 1.82) is 0 Å². The molecule has 3 heteroatoms. The summed E-state index contributed by atoms with van der Waals surface area (Å²) in [6.45, 7) is 5.67. The van der Waals surface area contributed by atoms with E-state index in [1.165, 1.54) is 12.0 Å². The van der Waals surface area contributed by atoms with Crippen molar-refractivity contribution in [2.75, 3.05) is 13.1 Å². The van der Waals surface area contributed by atoms with Gasteiger partial charge in [0.05, 0.1) is 0 Å². The van der Waals surface area contributed by atoms with Crippen LogP contribution in [0.4, 0.5) is 0 Å². The van der Waals surface area contributed by atoms with Crippen LogP contribution in [-0.2, 0) is 0 Å². The minimum atomic E-state index is 0.701. The Hall–Kier alpha value is -1.48. The lowest BCUT2D eigenvalue weighted by atomic mass is 9.93. The Morgan fingerprint density at radius 1 is 1.24 bits per heavy atom. The van der Waals surface area contributed by atoms with Gasteiger partial charge in [-0.2, -0.15) is 0 Å². The molecule has 1 saturated heterocycles. The average molecular weight is 227 g/mol. The molecule has 0 spiro atoms. The zero-order valence-corrected chi connectivity index (χ0v) is 9.89. The zero-order chi connectivity index (χ0) is 11.7. The molecule has 1 saturated carbocycles. The SMILES string of the molecule is C=N/C=C\N=C1\C=C2C(=CC1)C1CNCC2C1. The van der Waals surface area contributed by atoms with Crippen molar-refractivity contribution < 1.29 is 0 Å². The van der Waals surface area contributed by atoms with E-state index in [2.05, 4.69) is 34.2 Å². The van der Waals surface area contributed by atoms with Gasteiger partial charge in [0.2, 0.25) is 0 Å². The first-order valence-electron chi connectivity index (χ1n) is 6.18. The number of nitrogens with zero attached hydrogens (tertiary/aromatic N) is 2. The molecule has 3 aliphatic rings. The van der Waals surface area contributed by atoms with Crippen molar-refractivity contribution in [3.8, 4) is 0 Å². The van der Waals surface area contributed by atoms with E-state index in [1.807, 2.05) is 0 Å². The van der Waals surface area contributed by atoms with E-state index in [0.29, 0.717) is 5.92 Å². The van der Waals surface area contributed by atoms with Crippen molar-refractivity contribution >= 4 is 12.4 Å². The number of rotatable bonds is 2. The molecule has 2 fully saturated rings. The Bertz CT molecular complexity index is 454. The minimum absolute atomic E-state index is 0.701. The van der Waals surface area contributed by atoms with Gasteiger partial charge in [-0.25, -0.2) is 0 Å². The molecule has 17 heavy (non-hydrogen) atoms. The Balaban J connectivity index is 1.86. The molecular weight excluding hydrogens is 210 g/mol. The maximum atomic E-state index is 4.41. The lowest BCUT2D eigenvalue weighted by Crippen LogP contribution is -2.30. The van der Waals surface area contributed by atoms with Crippen molar-refractivity contribution in [2.45, 2.75) is 12.8 Å². The van der Waals surface area contributed by atoms with Gasteiger partial charge < -0.3 is 5.32 Å². The van der Waals surface area contributed by atoms with Crippen LogP contribution in [0.2, 0.25) is 0 Å². The number of fused-ring (bicyclic) bond motifs is 5. The van der Waals surface area contributed by atoms with Crippen LogP contribution in [0.15, 0.2) is 45.7 Å². The van der Waals surface area contributed by atoms with Gasteiger partial charge in [0.15, 0.2) is 0 Å². The van der Waals surface area contributed by atoms with Gasteiger partial charge in [0, 0.05) is 37.6 Å². The molecule has 1 N–H and O–H groups in total. The molecule has 0 aromatic rings. The van der Waals surface area contributed by atoms with E-state index in [0.717, 1.165) is 31.1 Å². The van der Waals surface area contributed by atoms with E-state index in [4.69, 9.17) is 0 Å². The molecular formula is C14H17N3. The van der Waals surface area contributed by atoms with Gasteiger partial charge in [-0.15, -0.1) is 0 Å². The fraction of sp³-hybridized carbons (Fsp3) is 0.429. The van der Waals surface area contributed by atoms with E-state index in [1.54, 1.807) is 18.0 Å². The second-order valence-electron chi connectivity index (χ2n) is 4.85. The largest absolute Gasteiger partial charge is 0.316 e. The molecule has 0 aromatic heterocycles. The summed E-state index contributed by atoms with van der Waals surface area (Å²) in [6.07, 6.45) is 10.3. The molecule has 1 aliphatic heterocycles. The van der Waals surface area contributed by atoms with Crippen LogP contribution in [0, 0.1) is 11.8 Å². The lowest BCUT2D eigenvalue weighted by molar-refractivity contribution is 0.406. The fourth-order valence-corrected chi connectivity index (χ4v) is 3.09. The van der Waals surface area contributed by atoms with Crippen LogP contribution in [0.5, 0.6) is 0 Å². The zero-order valence-electron chi connectivity index (χ0n) is 9.89. The number of hydrogen-bond donors (Lipinski definition) is 1. The second kappa shape index (κ2) is 4.41. The molecule has 3 nitrogen and oxygen atoms in total. The van der Waals surface area contributed by atoms with Crippen molar-refractivity contribution in [3.05, 3.63) is 35.7 Å². The summed E-state index contributed by atoms with van der Waals surface area (Å²) in [6, 6.07) is 0. The first-order chi connectivity index (χ1) is 8.38. The van der Waals surface area contributed by atoms with Gasteiger partial charge in [-0.05, 0) is 42.2 Å². The van der Waals surface area contributed by atoms with Crippen molar-refractivity contribution in [1.82, 2.24) is 5.32 Å². The Kier molecular flexibility index (Phi) is 2.77. The summed E-state index contributed by atoms with van der Waals surface area (Å²) in [5, 5.41) is 3.51. The number of piperidine rings is 1. The third-order valence-electron chi connectivity index (χ3n) is 3.83. The number of nitrogens with one attached hydrogen (secondary N) is 1. The summed E-state index contributed by atoms with van der Waals surface area (Å²) < 4.78 is 0. The number of allylic oxidation sites excluding steroid dienone is 2. The highest BCUT2D eigenvalue weighted by Crippen LogP contribution is 2.44. The standard InChI is InChI=1S/C14H17N3/c1-15-4-5-17-12-2-3-13-10-6-11(9-16-8-10)14(13)7-12/h3-5,7,10-11,16H,1-2,6,8-9H2/b5-4-,17-12+. The Morgan fingerprint density at radius 2 is 2.06 bits per heavy atom. The van der Waals surface area contributed by atoms with Gasteiger partial charge >= 0.3 is 0 Å². The van der Waals surface area contributed by atoms with Gasteiger partial charge in [0.25, 0.3) is 0 Å². The van der Waals surface area contributed by atoms with Crippen molar-refractivity contribution in [3.63, 3.8) is 0 Å². The first-order valence-corrected chi connectivity index (χ1v) is 6.18. The lowest BCUT2D eigenvalue weighted by Gasteiger charge is -2.18. The summed E-state index contributed by atoms with van der Waals surface area (Å²) in [5.41, 5.74) is 4.23. The smallest absolute Gasteiger partial charge is 0.0454 e. The van der Waals surface area contributed by atoms with E-state index < -0.39 is 0 Å². The van der Waals surface area contributed by atoms with Gasteiger partial charge in [-0.3, -0.25) is 9.98 Å². The van der Waals surface area contributed by atoms with Crippen LogP contribution >= 0.6 is 0 Å². The second-order valence-corrected chi connectivity index (χ2v) is 4.85. The van der Waals surface area contributed by atoms with Crippen LogP contribution in [-0.4, -0.2) is 25.5 Å². The fourth-order valence-electron chi connectivity index (χ4n) is 3.09. The van der Waals surface area contributed by atoms with E-state index in [-0.39, 0.29) is 0 Å². The molecule has 0 radical (unpaired) electrons. The molecule has 88 valence electrons. The highest BCUT2D eigenvalue weighted by Gasteiger charge is 2.37. The normalized spacial score (nSPS) is 33.5. The summed E-state index contributed by atoms with van der Waals surface area (Å²) >= 11 is 0. The highest BCUT2D eigenvalue weighted by atomic mass is 14.9. The van der Waals surface area contributed by atoms with Crippen LogP contribution in [0.25, 0.3) is 0 Å². The average Bonchev–Trinajstić information content (AvgIpc) is 2.62. The molecule has 3 rings (SSSR count). The summed E-state index contributed by atoms with van der Waals surface area (Å²) in [7, 11) is 0. The molecule has 2 unspecified atom stereocenters. The number of aliphatic imine (C=N–C) groups is 2. The summed E-state index contributed by atoms with van der Waals surface area (Å²) in [4.78, 5) is 8.06. The molecule has 2 aliphatic carbocycles. The van der Waals surface area contributed by atoms with Gasteiger partial charge in [-0.1, -0.05) is 6.08 Å². The predicted molar refractivity (Wildman–Crippen MR) is 71.4 cm³/mol. The van der Waals surface area contributed by atoms with Crippen LogP contribution in [0.1, 0.15) is 12.8 Å². The molecule has 2 atom stereocenters. The molecule has 2 bridgehead atoms. The Morgan fingerprint density at radius 3 is 2.88 bits per heavy atom. The monoisotopic (exact) mass is 227 g/mol. The maximum absolute atomic E-state index is 4.41. The first kappa shape index (κ1) is 10.7. The topological polar surface area (TPSA) is 36.8 Å². The van der Waals surface area contributed by atoms with E-state index in [9.17, 15) is 0 Å². The quantitative estimate of drug-likeness (QED) is 0.721. The predicted octanol–water partition coefficient (Wildman–Crippen LogP) is 2.09. The Labute approximate surface area is 102 Å². The van der Waals surface area contributed by atoms with Gasteiger partial charge in [0.1, 0.15) is 0 Å². The third-order valence-corrected chi connectivity index (χ3v) is 3.83. The third kappa shape index (κ3) is 1.91. The highest BCUT2D eigenvalue weighted by molar-refractivity contribution is 5.99. The van der Waals surface area contributed by atoms with E-state index >= 15 is 0 Å². The number of hydrogen-bond acceptors (Lipinski definition) is 3. The molecule has 0 amide bonds. The van der Waals surface area contributed by atoms with Crippen LogP contribution in [0.3, 0.4) is 0 Å². The van der Waals surface area contributed by atoms with Crippen LogP contribution < -0.4 is 5.32 Å².